The lowest BCUT2D eigenvalue weighted by Gasteiger charge is -2.24. The third-order valence-corrected chi connectivity index (χ3v) is 6.05. The Labute approximate surface area is 175 Å². The predicted molar refractivity (Wildman–Crippen MR) is 117 cm³/mol. The first-order valence-corrected chi connectivity index (χ1v) is 10.3. The number of nitrogens with zero attached hydrogens (tertiary/aromatic N) is 3. The minimum absolute atomic E-state index is 0.644. The highest BCUT2D eigenvalue weighted by Crippen LogP contribution is 2.36. The zero-order chi connectivity index (χ0) is 20.0. The molecule has 1 unspecified atom stereocenters. The van der Waals surface area contributed by atoms with Gasteiger partial charge in [-0.15, -0.1) is 0 Å². The molecule has 0 saturated heterocycles. The molecule has 0 bridgehead atoms. The standard InChI is InChI=1S/C24H22ClN3O/c1-15-3-12-22-20(13-15)23(17-6-10-19(29-2)11-7-17)27-24-21(14-26-28(22)24)16-4-8-18(25)9-5-16/h4-11,14-15H,3,12-13H2,1-2H3. The predicted octanol–water partition coefficient (Wildman–Crippen LogP) is 5.85. The number of halogens is 1. The molecule has 0 N–H and O–H groups in total. The number of benzene rings is 2. The molecule has 0 radical (unpaired) electrons. The third-order valence-electron chi connectivity index (χ3n) is 5.80. The topological polar surface area (TPSA) is 39.4 Å². The van der Waals surface area contributed by atoms with Crippen LogP contribution in [0.2, 0.25) is 5.02 Å². The van der Waals surface area contributed by atoms with Crippen LogP contribution in [0.4, 0.5) is 0 Å². The summed E-state index contributed by atoms with van der Waals surface area (Å²) in [6.07, 6.45) is 5.13. The summed E-state index contributed by atoms with van der Waals surface area (Å²) in [6.45, 7) is 2.31. The van der Waals surface area contributed by atoms with Gasteiger partial charge in [0.25, 0.3) is 0 Å². The number of ether oxygens (including phenoxy) is 1. The fraction of sp³-hybridized carbons (Fsp3) is 0.250. The van der Waals surface area contributed by atoms with E-state index < -0.39 is 0 Å². The van der Waals surface area contributed by atoms with Crippen LogP contribution < -0.4 is 4.74 Å². The Balaban J connectivity index is 1.75. The van der Waals surface area contributed by atoms with Gasteiger partial charge in [0.15, 0.2) is 5.65 Å². The van der Waals surface area contributed by atoms with Crippen LogP contribution in [0.15, 0.2) is 54.7 Å². The lowest BCUT2D eigenvalue weighted by Crippen LogP contribution is -2.18. The van der Waals surface area contributed by atoms with Crippen LogP contribution in [0.1, 0.15) is 24.6 Å². The Morgan fingerprint density at radius 3 is 2.48 bits per heavy atom. The molecule has 0 aliphatic heterocycles. The van der Waals surface area contributed by atoms with Crippen LogP contribution in [0.3, 0.4) is 0 Å². The van der Waals surface area contributed by atoms with Crippen molar-refractivity contribution in [2.45, 2.75) is 26.2 Å². The van der Waals surface area contributed by atoms with E-state index in [0.717, 1.165) is 51.6 Å². The molecule has 2 heterocycles. The zero-order valence-electron chi connectivity index (χ0n) is 16.5. The molecule has 0 spiro atoms. The van der Waals surface area contributed by atoms with Gasteiger partial charge in [-0.25, -0.2) is 9.50 Å². The Morgan fingerprint density at radius 2 is 1.76 bits per heavy atom. The first kappa shape index (κ1) is 18.2. The molecule has 0 saturated carbocycles. The minimum atomic E-state index is 0.644. The molecule has 2 aromatic heterocycles. The van der Waals surface area contributed by atoms with E-state index in [1.165, 1.54) is 17.7 Å². The number of hydrogen-bond acceptors (Lipinski definition) is 3. The van der Waals surface area contributed by atoms with Gasteiger partial charge in [-0.3, -0.25) is 0 Å². The third kappa shape index (κ3) is 3.18. The van der Waals surface area contributed by atoms with Crippen molar-refractivity contribution < 1.29 is 4.74 Å². The largest absolute Gasteiger partial charge is 0.497 e. The van der Waals surface area contributed by atoms with E-state index in [9.17, 15) is 0 Å². The number of aryl methyl sites for hydroxylation is 1. The molecule has 2 aromatic carbocycles. The average molecular weight is 404 g/mol. The van der Waals surface area contributed by atoms with Gasteiger partial charge in [0, 0.05) is 27.4 Å². The molecule has 29 heavy (non-hydrogen) atoms. The summed E-state index contributed by atoms with van der Waals surface area (Å²) >= 11 is 6.08. The van der Waals surface area contributed by atoms with Crippen LogP contribution in [0.5, 0.6) is 5.75 Å². The number of fused-ring (bicyclic) bond motifs is 3. The van der Waals surface area contributed by atoms with Crippen LogP contribution in [-0.4, -0.2) is 21.7 Å². The molecule has 5 rings (SSSR count). The zero-order valence-corrected chi connectivity index (χ0v) is 17.3. The van der Waals surface area contributed by atoms with Crippen molar-refractivity contribution in [2.75, 3.05) is 7.11 Å². The van der Waals surface area contributed by atoms with Gasteiger partial charge >= 0.3 is 0 Å². The number of rotatable bonds is 3. The van der Waals surface area contributed by atoms with Gasteiger partial charge < -0.3 is 4.74 Å². The van der Waals surface area contributed by atoms with Crippen LogP contribution in [-0.2, 0) is 12.8 Å². The fourth-order valence-electron chi connectivity index (χ4n) is 4.21. The van der Waals surface area contributed by atoms with Gasteiger partial charge in [-0.2, -0.15) is 5.10 Å². The highest BCUT2D eigenvalue weighted by atomic mass is 35.5. The summed E-state index contributed by atoms with van der Waals surface area (Å²) in [5.41, 5.74) is 7.75. The maximum absolute atomic E-state index is 6.08. The van der Waals surface area contributed by atoms with Crippen molar-refractivity contribution >= 4 is 17.2 Å². The molecule has 0 amide bonds. The second kappa shape index (κ2) is 7.20. The minimum Gasteiger partial charge on any atom is -0.497 e. The van der Waals surface area contributed by atoms with Gasteiger partial charge in [0.1, 0.15) is 5.75 Å². The van der Waals surface area contributed by atoms with E-state index in [0.29, 0.717) is 5.92 Å². The Kier molecular flexibility index (Phi) is 4.51. The highest BCUT2D eigenvalue weighted by molar-refractivity contribution is 6.30. The molecule has 0 fully saturated rings. The maximum atomic E-state index is 6.08. The lowest BCUT2D eigenvalue weighted by molar-refractivity contribution is 0.415. The van der Waals surface area contributed by atoms with Crippen LogP contribution >= 0.6 is 11.6 Å². The van der Waals surface area contributed by atoms with Gasteiger partial charge in [0.05, 0.1) is 19.0 Å². The summed E-state index contributed by atoms with van der Waals surface area (Å²) in [7, 11) is 1.69. The monoisotopic (exact) mass is 403 g/mol. The molecule has 4 nitrogen and oxygen atoms in total. The summed E-state index contributed by atoms with van der Waals surface area (Å²) in [5, 5.41) is 5.44. The van der Waals surface area contributed by atoms with Crippen molar-refractivity contribution in [2.24, 2.45) is 5.92 Å². The first-order valence-electron chi connectivity index (χ1n) is 9.94. The number of hydrogen-bond donors (Lipinski definition) is 0. The second-order valence-electron chi connectivity index (χ2n) is 7.76. The molecule has 1 aliphatic rings. The second-order valence-corrected chi connectivity index (χ2v) is 8.20. The van der Waals surface area contributed by atoms with E-state index in [4.69, 9.17) is 26.4 Å². The average Bonchev–Trinajstić information content (AvgIpc) is 3.17. The van der Waals surface area contributed by atoms with Crippen molar-refractivity contribution in [1.82, 2.24) is 14.6 Å². The molecule has 146 valence electrons. The summed E-state index contributed by atoms with van der Waals surface area (Å²) in [5.74, 6) is 1.49. The molecule has 1 aliphatic carbocycles. The Bertz CT molecular complexity index is 1180. The quantitative estimate of drug-likeness (QED) is 0.430. The van der Waals surface area contributed by atoms with E-state index in [-0.39, 0.29) is 0 Å². The molecule has 4 aromatic rings. The van der Waals surface area contributed by atoms with Crippen molar-refractivity contribution in [1.29, 1.82) is 0 Å². The van der Waals surface area contributed by atoms with E-state index in [1.54, 1.807) is 7.11 Å². The van der Waals surface area contributed by atoms with Gasteiger partial charge in [-0.1, -0.05) is 30.7 Å². The van der Waals surface area contributed by atoms with E-state index >= 15 is 0 Å². The SMILES string of the molecule is COc1ccc(-c2nc3c(-c4ccc(Cl)cc4)cnn3c3c2CC(C)CC3)cc1. The molecule has 5 heteroatoms. The van der Waals surface area contributed by atoms with Crippen molar-refractivity contribution in [3.63, 3.8) is 0 Å². The van der Waals surface area contributed by atoms with E-state index in [1.807, 2.05) is 47.1 Å². The van der Waals surface area contributed by atoms with Gasteiger partial charge in [-0.05, 0) is 67.1 Å². The van der Waals surface area contributed by atoms with Gasteiger partial charge in [0.2, 0.25) is 0 Å². The lowest BCUT2D eigenvalue weighted by atomic mass is 9.85. The molecule has 1 atom stereocenters. The number of methoxy groups -OCH3 is 1. The van der Waals surface area contributed by atoms with E-state index in [2.05, 4.69) is 19.1 Å². The first-order chi connectivity index (χ1) is 14.1. The molecular weight excluding hydrogens is 382 g/mol. The smallest absolute Gasteiger partial charge is 0.163 e. The summed E-state index contributed by atoms with van der Waals surface area (Å²) in [6, 6.07) is 16.0. The highest BCUT2D eigenvalue weighted by Gasteiger charge is 2.25. The van der Waals surface area contributed by atoms with Crippen molar-refractivity contribution in [3.05, 3.63) is 71.0 Å². The van der Waals surface area contributed by atoms with Crippen LogP contribution in [0, 0.1) is 5.92 Å². The fourth-order valence-corrected chi connectivity index (χ4v) is 4.34. The van der Waals surface area contributed by atoms with Crippen LogP contribution in [0.25, 0.3) is 28.0 Å². The Morgan fingerprint density at radius 1 is 1.03 bits per heavy atom. The summed E-state index contributed by atoms with van der Waals surface area (Å²) < 4.78 is 7.37. The molecular formula is C24H22ClN3O. The summed E-state index contributed by atoms with van der Waals surface area (Å²) in [4.78, 5) is 5.13. The normalized spacial score (nSPS) is 16.0. The van der Waals surface area contributed by atoms with Crippen molar-refractivity contribution in [3.8, 4) is 28.1 Å². The number of aromatic nitrogens is 3. The Hall–Kier alpha value is -2.85. The maximum Gasteiger partial charge on any atom is 0.163 e.